The number of ether oxygens (including phenoxy) is 1. The molecular formula is C25H25ClN4OS2. The van der Waals surface area contributed by atoms with Gasteiger partial charge in [0.25, 0.3) is 0 Å². The Bertz CT molecular complexity index is 1220. The Labute approximate surface area is 207 Å². The van der Waals surface area contributed by atoms with Crippen LogP contribution in [0.4, 0.5) is 0 Å². The van der Waals surface area contributed by atoms with Crippen molar-refractivity contribution in [1.82, 2.24) is 19.7 Å². The molecule has 4 aromatic rings. The third-order valence-corrected chi connectivity index (χ3v) is 6.98. The first-order valence-electron chi connectivity index (χ1n) is 10.6. The monoisotopic (exact) mass is 496 g/mol. The van der Waals surface area contributed by atoms with Crippen LogP contribution >= 0.6 is 34.7 Å². The van der Waals surface area contributed by atoms with Crippen LogP contribution in [0.1, 0.15) is 19.5 Å². The summed E-state index contributed by atoms with van der Waals surface area (Å²) in [7, 11) is 0. The van der Waals surface area contributed by atoms with Gasteiger partial charge in [0.05, 0.1) is 17.3 Å². The van der Waals surface area contributed by atoms with Crippen LogP contribution in [0.2, 0.25) is 5.02 Å². The molecule has 8 heteroatoms. The van der Waals surface area contributed by atoms with Gasteiger partial charge in [0, 0.05) is 28.8 Å². The van der Waals surface area contributed by atoms with Crippen LogP contribution in [-0.4, -0.2) is 26.4 Å². The van der Waals surface area contributed by atoms with Crippen molar-refractivity contribution in [3.8, 4) is 27.7 Å². The molecule has 0 aliphatic rings. The van der Waals surface area contributed by atoms with Gasteiger partial charge >= 0.3 is 0 Å². The van der Waals surface area contributed by atoms with E-state index in [4.69, 9.17) is 21.3 Å². The van der Waals surface area contributed by atoms with E-state index >= 15 is 0 Å². The van der Waals surface area contributed by atoms with Crippen LogP contribution in [0.25, 0.3) is 22.0 Å². The van der Waals surface area contributed by atoms with E-state index in [1.165, 1.54) is 0 Å². The van der Waals surface area contributed by atoms with Crippen molar-refractivity contribution in [3.05, 3.63) is 77.3 Å². The molecule has 0 radical (unpaired) electrons. The molecule has 2 aromatic heterocycles. The van der Waals surface area contributed by atoms with E-state index in [1.54, 1.807) is 23.1 Å². The Morgan fingerprint density at radius 2 is 1.94 bits per heavy atom. The highest BCUT2D eigenvalue weighted by Gasteiger charge is 2.15. The van der Waals surface area contributed by atoms with E-state index < -0.39 is 0 Å². The molecule has 0 fully saturated rings. The number of thiazole rings is 1. The molecule has 0 aliphatic heterocycles. The van der Waals surface area contributed by atoms with Gasteiger partial charge in [-0.2, -0.15) is 0 Å². The standard InChI is InChI=1S/C25H25ClN4OS2/c1-4-13-30-23(18-9-11-20(12-10-18)31-14-17(2)3)28-29-25(30)33-16-19-15-32-24(27-19)21-7-5-6-8-22(21)26/h4-12,15,17H,1,13-14,16H2,2-3H3. The molecule has 0 spiro atoms. The molecule has 5 nitrogen and oxygen atoms in total. The minimum absolute atomic E-state index is 0.485. The van der Waals surface area contributed by atoms with Gasteiger partial charge in [0.1, 0.15) is 10.8 Å². The smallest absolute Gasteiger partial charge is 0.192 e. The normalized spacial score (nSPS) is 11.2. The second-order valence-corrected chi connectivity index (χ2v) is 10.1. The van der Waals surface area contributed by atoms with Crippen molar-refractivity contribution >= 4 is 34.7 Å². The number of thioether (sulfide) groups is 1. The fourth-order valence-corrected chi connectivity index (χ4v) is 5.22. The molecule has 0 aliphatic carbocycles. The Balaban J connectivity index is 1.48. The largest absolute Gasteiger partial charge is 0.493 e. The van der Waals surface area contributed by atoms with Crippen molar-refractivity contribution in [2.45, 2.75) is 31.3 Å². The summed E-state index contributed by atoms with van der Waals surface area (Å²) >= 11 is 9.53. The molecule has 0 saturated heterocycles. The first kappa shape index (κ1) is 23.5. The van der Waals surface area contributed by atoms with E-state index in [0.717, 1.165) is 38.6 Å². The zero-order valence-electron chi connectivity index (χ0n) is 18.6. The lowest BCUT2D eigenvalue weighted by Crippen LogP contribution is -2.04. The number of hydrogen-bond donors (Lipinski definition) is 0. The number of rotatable bonds is 10. The molecule has 33 heavy (non-hydrogen) atoms. The van der Waals surface area contributed by atoms with Gasteiger partial charge in [-0.25, -0.2) is 4.98 Å². The summed E-state index contributed by atoms with van der Waals surface area (Å²) in [6.45, 7) is 9.49. The second-order valence-electron chi connectivity index (χ2n) is 7.85. The third-order valence-electron chi connectivity index (χ3n) is 4.73. The van der Waals surface area contributed by atoms with E-state index in [2.05, 4.69) is 40.6 Å². The third kappa shape index (κ3) is 5.85. The molecule has 0 amide bonds. The maximum absolute atomic E-state index is 6.32. The summed E-state index contributed by atoms with van der Waals surface area (Å²) in [5.74, 6) is 2.84. The van der Waals surface area contributed by atoms with Gasteiger partial charge in [0.15, 0.2) is 11.0 Å². The molecule has 0 saturated carbocycles. The van der Waals surface area contributed by atoms with Crippen LogP contribution < -0.4 is 4.74 Å². The number of hydrogen-bond acceptors (Lipinski definition) is 6. The summed E-state index contributed by atoms with van der Waals surface area (Å²) in [5, 5.41) is 13.4. The lowest BCUT2D eigenvalue weighted by Gasteiger charge is -2.10. The van der Waals surface area contributed by atoms with E-state index in [-0.39, 0.29) is 0 Å². The summed E-state index contributed by atoms with van der Waals surface area (Å²) in [6, 6.07) is 15.8. The average molecular weight is 497 g/mol. The minimum atomic E-state index is 0.485. The van der Waals surface area contributed by atoms with Crippen LogP contribution in [0.15, 0.2) is 71.7 Å². The zero-order chi connectivity index (χ0) is 23.2. The van der Waals surface area contributed by atoms with Gasteiger partial charge in [-0.1, -0.05) is 61.5 Å². The summed E-state index contributed by atoms with van der Waals surface area (Å²) in [6.07, 6.45) is 1.86. The fraction of sp³-hybridized carbons (Fsp3) is 0.240. The van der Waals surface area contributed by atoms with Crippen LogP contribution in [-0.2, 0) is 12.3 Å². The lowest BCUT2D eigenvalue weighted by atomic mass is 10.2. The van der Waals surface area contributed by atoms with E-state index in [9.17, 15) is 0 Å². The topological polar surface area (TPSA) is 52.8 Å². The quantitative estimate of drug-likeness (QED) is 0.171. The first-order valence-corrected chi connectivity index (χ1v) is 12.9. The number of halogens is 1. The predicted molar refractivity (Wildman–Crippen MR) is 138 cm³/mol. The average Bonchev–Trinajstić information content (AvgIpc) is 3.44. The number of allylic oxidation sites excluding steroid dienone is 1. The highest BCUT2D eigenvalue weighted by molar-refractivity contribution is 7.98. The van der Waals surface area contributed by atoms with Gasteiger partial charge in [0.2, 0.25) is 0 Å². The molecule has 0 N–H and O–H groups in total. The second kappa shape index (κ2) is 11.0. The maximum Gasteiger partial charge on any atom is 0.192 e. The Morgan fingerprint density at radius 1 is 1.15 bits per heavy atom. The van der Waals surface area contributed by atoms with Crippen molar-refractivity contribution in [2.75, 3.05) is 6.61 Å². The fourth-order valence-electron chi connectivity index (χ4n) is 3.14. The number of nitrogens with zero attached hydrogens (tertiary/aromatic N) is 4. The van der Waals surface area contributed by atoms with E-state index in [1.807, 2.05) is 54.6 Å². The van der Waals surface area contributed by atoms with E-state index in [0.29, 0.717) is 29.8 Å². The SMILES string of the molecule is C=CCn1c(SCc2csc(-c3ccccc3Cl)n2)nnc1-c1ccc(OCC(C)C)cc1. The molecule has 0 bridgehead atoms. The molecule has 2 aromatic carbocycles. The zero-order valence-corrected chi connectivity index (χ0v) is 21.0. The van der Waals surface area contributed by atoms with Crippen LogP contribution in [0.5, 0.6) is 5.75 Å². The lowest BCUT2D eigenvalue weighted by molar-refractivity contribution is 0.271. The van der Waals surface area contributed by atoms with Crippen molar-refractivity contribution < 1.29 is 4.74 Å². The summed E-state index contributed by atoms with van der Waals surface area (Å²) in [4.78, 5) is 4.76. The molecular weight excluding hydrogens is 472 g/mol. The van der Waals surface area contributed by atoms with Gasteiger partial charge in [-0.15, -0.1) is 28.1 Å². The number of aromatic nitrogens is 4. The Morgan fingerprint density at radius 3 is 2.67 bits per heavy atom. The minimum Gasteiger partial charge on any atom is -0.493 e. The molecule has 170 valence electrons. The predicted octanol–water partition coefficient (Wildman–Crippen LogP) is 7.24. The maximum atomic E-state index is 6.32. The van der Waals surface area contributed by atoms with Gasteiger partial charge in [-0.05, 0) is 36.2 Å². The van der Waals surface area contributed by atoms with Crippen molar-refractivity contribution in [1.29, 1.82) is 0 Å². The van der Waals surface area contributed by atoms with Gasteiger partial charge < -0.3 is 4.74 Å². The van der Waals surface area contributed by atoms with Crippen molar-refractivity contribution in [3.63, 3.8) is 0 Å². The summed E-state index contributed by atoms with van der Waals surface area (Å²) in [5.41, 5.74) is 2.93. The molecule has 0 atom stereocenters. The van der Waals surface area contributed by atoms with Crippen molar-refractivity contribution in [2.24, 2.45) is 5.92 Å². The van der Waals surface area contributed by atoms with Gasteiger partial charge in [-0.3, -0.25) is 4.57 Å². The highest BCUT2D eigenvalue weighted by atomic mass is 35.5. The Kier molecular flexibility index (Phi) is 7.85. The molecule has 0 unspecified atom stereocenters. The van der Waals surface area contributed by atoms with Crippen LogP contribution in [0.3, 0.4) is 0 Å². The number of benzene rings is 2. The molecule has 2 heterocycles. The van der Waals surface area contributed by atoms with Crippen LogP contribution in [0, 0.1) is 5.92 Å². The highest BCUT2D eigenvalue weighted by Crippen LogP contribution is 2.32. The molecule has 4 rings (SSSR count). The summed E-state index contributed by atoms with van der Waals surface area (Å²) < 4.78 is 7.87. The Hall–Kier alpha value is -2.61. The first-order chi connectivity index (χ1) is 16.0.